The molecule has 0 aliphatic rings. The number of hydrogen-bond donors (Lipinski definition) is 4. The molecule has 2 aromatic heterocycles. The normalized spacial score (nSPS) is 19.0. The first kappa shape index (κ1) is 12.1. The van der Waals surface area contributed by atoms with Crippen LogP contribution in [0.2, 0.25) is 0 Å². The van der Waals surface area contributed by atoms with Crippen molar-refractivity contribution in [2.45, 2.75) is 6.50 Å². The molecule has 5 N–H and O–H groups in total. The quantitative estimate of drug-likeness (QED) is 0.476. The minimum absolute atomic E-state index is 0.00941. The molecule has 0 saturated heterocycles. The Labute approximate surface area is 129 Å². The van der Waals surface area contributed by atoms with Gasteiger partial charge >= 0.3 is 15.4 Å². The Bertz CT molecular complexity index is 918. The summed E-state index contributed by atoms with van der Waals surface area (Å²) in [5.74, 6) is -0.0825. The van der Waals surface area contributed by atoms with Crippen molar-refractivity contribution in [2.24, 2.45) is 0 Å². The van der Waals surface area contributed by atoms with Gasteiger partial charge in [0.1, 0.15) is 18.2 Å². The van der Waals surface area contributed by atoms with Crippen LogP contribution in [0.15, 0.2) is 12.7 Å². The molecular weight excluding hydrogens is 340 g/mol. The molecule has 22 heavy (non-hydrogen) atoms. The third kappa shape index (κ3) is 4.55. The van der Waals surface area contributed by atoms with E-state index in [1.807, 2.05) is 0 Å². The maximum atomic E-state index is 11.5. The summed E-state index contributed by atoms with van der Waals surface area (Å²) in [4.78, 5) is 37.5. The van der Waals surface area contributed by atoms with Gasteiger partial charge in [-0.1, -0.05) is 0 Å². The van der Waals surface area contributed by atoms with Gasteiger partial charge in [-0.15, -0.1) is 0 Å². The van der Waals surface area contributed by atoms with Crippen molar-refractivity contribution in [3.63, 3.8) is 0 Å². The van der Waals surface area contributed by atoms with E-state index in [1.165, 1.54) is 0 Å². The van der Waals surface area contributed by atoms with E-state index in [0.717, 1.165) is 12.7 Å². The lowest BCUT2D eigenvalue weighted by atomic mass is 10.5. The van der Waals surface area contributed by atoms with Gasteiger partial charge in [-0.25, -0.2) is 23.8 Å². The molecule has 0 radical (unpaired) electrons. The predicted molar refractivity (Wildman–Crippen MR) is 73.5 cm³/mol. The minimum atomic E-state index is -5.35. The number of anilines is 1. The van der Waals surface area contributed by atoms with E-state index in [2.05, 4.69) is 24.0 Å². The zero-order valence-corrected chi connectivity index (χ0v) is 12.4. The zero-order valence-electron chi connectivity index (χ0n) is 14.6. The topological polar surface area (TPSA) is 183 Å². The summed E-state index contributed by atoms with van der Waals surface area (Å²) < 4.78 is 62.2. The lowest BCUT2D eigenvalue weighted by Gasteiger charge is -2.12. The van der Waals surface area contributed by atoms with E-state index in [4.69, 9.17) is 21.0 Å². The Kier molecular flexibility index (Phi) is 3.51. The average Bonchev–Trinajstić information content (AvgIpc) is 2.89. The fourth-order valence-corrected chi connectivity index (χ4v) is 3.07. The van der Waals surface area contributed by atoms with Crippen LogP contribution in [0.1, 0.15) is 5.48 Å². The number of aryl methyl sites for hydroxylation is 1. The molecule has 14 heteroatoms. The van der Waals surface area contributed by atoms with Crippen LogP contribution in [0.25, 0.3) is 11.2 Å². The van der Waals surface area contributed by atoms with Crippen molar-refractivity contribution >= 4 is 32.4 Å². The summed E-state index contributed by atoms with van der Waals surface area (Å²) in [7, 11) is -10.4. The molecule has 2 aromatic rings. The Hall–Kier alpha value is -1.39. The van der Waals surface area contributed by atoms with Gasteiger partial charge in [0.05, 0.1) is 18.4 Å². The Morgan fingerprint density at radius 2 is 2.05 bits per heavy atom. The number of phosphoric acid groups is 1. The fourth-order valence-electron chi connectivity index (χ4n) is 1.32. The lowest BCUT2D eigenvalue weighted by molar-refractivity contribution is 0.146. The van der Waals surface area contributed by atoms with Crippen LogP contribution in [0.3, 0.4) is 0 Å². The molecule has 0 bridgehead atoms. The van der Waals surface area contributed by atoms with Gasteiger partial charge in [-0.05, 0) is 0 Å². The molecule has 0 fully saturated rings. The maximum Gasteiger partial charge on any atom is 0.476 e. The Morgan fingerprint density at radius 3 is 2.73 bits per heavy atom. The number of imidazole rings is 1. The largest absolute Gasteiger partial charge is 0.476 e. The van der Waals surface area contributed by atoms with E-state index in [0.29, 0.717) is 4.57 Å². The summed E-state index contributed by atoms with van der Waals surface area (Å²) in [6.07, 6.45) is 0.341. The van der Waals surface area contributed by atoms with Gasteiger partial charge in [0, 0.05) is 6.50 Å². The van der Waals surface area contributed by atoms with Crippen LogP contribution in [0.4, 0.5) is 5.82 Å². The van der Waals surface area contributed by atoms with Crippen LogP contribution >= 0.6 is 15.4 Å². The molecule has 0 amide bonds. The smallest absolute Gasteiger partial charge is 0.382 e. The fraction of sp³-hybridized carbons (Fsp3) is 0.375. The molecular formula is C8H13N5O7P2. The zero-order chi connectivity index (χ0) is 20.0. The SMILES string of the molecule is [2H]C([2H])(OCP(=O)(O)OP(=O)(O)O)C([2H])([2H])n1cnc2c(N)ncnc21. The van der Waals surface area contributed by atoms with Gasteiger partial charge < -0.3 is 29.7 Å². The minimum Gasteiger partial charge on any atom is -0.382 e. The number of hydrogen-bond acceptors (Lipinski definition) is 8. The van der Waals surface area contributed by atoms with Crippen molar-refractivity contribution in [3.8, 4) is 0 Å². The molecule has 12 nitrogen and oxygen atoms in total. The second-order valence-electron chi connectivity index (χ2n) is 3.74. The molecule has 0 aromatic carbocycles. The van der Waals surface area contributed by atoms with E-state index in [-0.39, 0.29) is 17.0 Å². The van der Waals surface area contributed by atoms with E-state index in [1.54, 1.807) is 0 Å². The van der Waals surface area contributed by atoms with E-state index < -0.39 is 34.8 Å². The highest BCUT2D eigenvalue weighted by atomic mass is 31.3. The highest BCUT2D eigenvalue weighted by Crippen LogP contribution is 2.56. The number of nitrogens with zero attached hydrogens (tertiary/aromatic N) is 4. The van der Waals surface area contributed by atoms with Crippen LogP contribution in [-0.4, -0.2) is 47.1 Å². The highest BCUT2D eigenvalue weighted by molar-refractivity contribution is 7.63. The van der Waals surface area contributed by atoms with E-state index >= 15 is 0 Å². The molecule has 2 heterocycles. The van der Waals surface area contributed by atoms with Crippen molar-refractivity contribution in [1.82, 2.24) is 19.5 Å². The number of fused-ring (bicyclic) bond motifs is 1. The monoisotopic (exact) mass is 357 g/mol. The number of aromatic nitrogens is 4. The Morgan fingerprint density at radius 1 is 1.32 bits per heavy atom. The molecule has 0 saturated carbocycles. The number of nitrogens with two attached hydrogens (primary N) is 1. The summed E-state index contributed by atoms with van der Waals surface area (Å²) in [6.45, 7) is -6.29. The van der Waals surface area contributed by atoms with Crippen LogP contribution < -0.4 is 5.73 Å². The standard InChI is InChI=1S/C8H13N5O7P2/c9-7-6-8(11-3-10-7)13(4-12-6)1-2-19-5-21(14,15)20-22(16,17)18/h3-4H,1-2,5H2,(H,14,15)(H2,9,10,11)(H2,16,17,18)/i1D2,2D2. The number of nitrogen functional groups attached to an aromatic ring is 1. The van der Waals surface area contributed by atoms with Crippen molar-refractivity contribution in [3.05, 3.63) is 12.7 Å². The van der Waals surface area contributed by atoms with Gasteiger partial charge in [0.15, 0.2) is 11.5 Å². The third-order valence-electron chi connectivity index (χ3n) is 2.06. The number of ether oxygens (including phenoxy) is 1. The first-order valence-electron chi connectivity index (χ1n) is 7.33. The first-order valence-corrected chi connectivity index (χ1v) is 8.62. The van der Waals surface area contributed by atoms with Gasteiger partial charge in [0.2, 0.25) is 0 Å². The molecule has 2 rings (SSSR count). The maximum absolute atomic E-state index is 11.5. The van der Waals surface area contributed by atoms with Crippen molar-refractivity contribution in [2.75, 3.05) is 18.6 Å². The van der Waals surface area contributed by atoms with Crippen LogP contribution in [-0.2, 0) is 24.7 Å². The third-order valence-corrected chi connectivity index (χ3v) is 4.39. The van der Waals surface area contributed by atoms with Gasteiger partial charge in [-0.2, -0.15) is 0 Å². The Balaban J connectivity index is 2.30. The molecule has 1 unspecified atom stereocenters. The summed E-state index contributed by atoms with van der Waals surface area (Å²) in [5.41, 5.74) is 5.38. The molecule has 1 atom stereocenters. The van der Waals surface area contributed by atoms with Crippen molar-refractivity contribution in [1.29, 1.82) is 0 Å². The second kappa shape index (κ2) is 6.39. The van der Waals surface area contributed by atoms with Gasteiger partial charge in [-0.3, -0.25) is 4.57 Å². The summed E-state index contributed by atoms with van der Waals surface area (Å²) in [5, 5.41) is 0. The molecule has 0 aliphatic carbocycles. The summed E-state index contributed by atoms with van der Waals surface area (Å²) >= 11 is 0. The van der Waals surface area contributed by atoms with Gasteiger partial charge in [0.25, 0.3) is 0 Å². The number of rotatable bonds is 7. The second-order valence-corrected chi connectivity index (χ2v) is 6.91. The molecule has 122 valence electrons. The molecule has 0 aliphatic heterocycles. The highest BCUT2D eigenvalue weighted by Gasteiger charge is 2.30. The first-order chi connectivity index (χ1) is 11.7. The predicted octanol–water partition coefficient (Wildman–Crippen LogP) is -0.323. The lowest BCUT2D eigenvalue weighted by Crippen LogP contribution is -2.07. The average molecular weight is 357 g/mol. The summed E-state index contributed by atoms with van der Waals surface area (Å²) in [6, 6.07) is 0. The van der Waals surface area contributed by atoms with Crippen LogP contribution in [0, 0.1) is 0 Å². The van der Waals surface area contributed by atoms with Crippen LogP contribution in [0.5, 0.6) is 0 Å². The van der Waals surface area contributed by atoms with Crippen molar-refractivity contribution < 1.29 is 38.3 Å². The molecule has 0 spiro atoms. The van der Waals surface area contributed by atoms with E-state index in [9.17, 15) is 14.0 Å².